The molecule has 0 unspecified atom stereocenters. The highest BCUT2D eigenvalue weighted by atomic mass is 35.5. The second-order valence-electron chi connectivity index (χ2n) is 5.17. The highest BCUT2D eigenvalue weighted by molar-refractivity contribution is 6.30. The van der Waals surface area contributed by atoms with Crippen LogP contribution in [0, 0.1) is 0 Å². The van der Waals surface area contributed by atoms with Crippen LogP contribution in [0.15, 0.2) is 10.6 Å². The zero-order valence-corrected chi connectivity index (χ0v) is 11.4. The first-order chi connectivity index (χ1) is 7.83. The Morgan fingerprint density at radius 1 is 1.53 bits per heavy atom. The summed E-state index contributed by atoms with van der Waals surface area (Å²) in [6, 6.07) is 0. The van der Waals surface area contributed by atoms with E-state index in [1.54, 1.807) is 4.90 Å². The van der Waals surface area contributed by atoms with Crippen molar-refractivity contribution in [1.29, 1.82) is 0 Å². The Kier molecular flexibility index (Phi) is 4.83. The molecule has 0 radical (unpaired) electrons. The molecule has 0 aromatic rings. The lowest BCUT2D eigenvalue weighted by molar-refractivity contribution is 0.0246. The molecule has 1 heterocycles. The number of hydrogen-bond donors (Lipinski definition) is 1. The number of ether oxygens (including phenoxy) is 1. The molecule has 5 heteroatoms. The standard InChI is InChI=1S/C12H20ClNO3/c1-12(2,3)17-11(16)14-6-4-5-9(7-14)10(13)8-15/h15H,4-8H2,1-3H3. The fourth-order valence-electron chi connectivity index (χ4n) is 1.69. The number of amides is 1. The van der Waals surface area contributed by atoms with Crippen LogP contribution < -0.4 is 0 Å². The average molecular weight is 262 g/mol. The molecular weight excluding hydrogens is 242 g/mol. The minimum absolute atomic E-state index is 0.168. The molecule has 1 saturated heterocycles. The molecular formula is C12H20ClNO3. The number of aliphatic hydroxyl groups excluding tert-OH is 1. The lowest BCUT2D eigenvalue weighted by Gasteiger charge is -2.31. The summed E-state index contributed by atoms with van der Waals surface area (Å²) >= 11 is 5.90. The van der Waals surface area contributed by atoms with E-state index < -0.39 is 5.60 Å². The van der Waals surface area contributed by atoms with Gasteiger partial charge in [0.25, 0.3) is 0 Å². The third-order valence-corrected chi connectivity index (χ3v) is 2.85. The molecule has 1 N–H and O–H groups in total. The average Bonchev–Trinajstić information content (AvgIpc) is 2.26. The Bertz CT molecular complexity index is 320. The Hall–Kier alpha value is -0.740. The normalized spacial score (nSPS) is 20.2. The van der Waals surface area contributed by atoms with E-state index in [0.29, 0.717) is 18.1 Å². The van der Waals surface area contributed by atoms with E-state index in [0.717, 1.165) is 18.4 Å². The first-order valence-corrected chi connectivity index (χ1v) is 6.16. The van der Waals surface area contributed by atoms with Gasteiger partial charge in [0.1, 0.15) is 5.60 Å². The third kappa shape index (κ3) is 4.56. The summed E-state index contributed by atoms with van der Waals surface area (Å²) in [5.74, 6) is 0. The second-order valence-corrected chi connectivity index (χ2v) is 5.63. The van der Waals surface area contributed by atoms with Crippen molar-refractivity contribution in [2.75, 3.05) is 19.7 Å². The molecule has 0 spiro atoms. The summed E-state index contributed by atoms with van der Waals surface area (Å²) in [5.41, 5.74) is 0.436. The maximum atomic E-state index is 11.8. The smallest absolute Gasteiger partial charge is 0.410 e. The molecule has 17 heavy (non-hydrogen) atoms. The van der Waals surface area contributed by atoms with Crippen LogP contribution in [0.25, 0.3) is 0 Å². The monoisotopic (exact) mass is 261 g/mol. The van der Waals surface area contributed by atoms with Gasteiger partial charge in [-0.1, -0.05) is 11.6 Å². The predicted octanol–water partition coefficient (Wildman–Crippen LogP) is 2.50. The number of rotatable bonds is 1. The third-order valence-electron chi connectivity index (χ3n) is 2.46. The van der Waals surface area contributed by atoms with Gasteiger partial charge in [-0.15, -0.1) is 0 Å². The van der Waals surface area contributed by atoms with Gasteiger partial charge in [-0.25, -0.2) is 4.79 Å². The summed E-state index contributed by atoms with van der Waals surface area (Å²) in [6.07, 6.45) is 1.36. The Labute approximate surface area is 107 Å². The van der Waals surface area contributed by atoms with Crippen LogP contribution >= 0.6 is 11.6 Å². The quantitative estimate of drug-likeness (QED) is 0.789. The van der Waals surface area contributed by atoms with Gasteiger partial charge in [-0.3, -0.25) is 0 Å². The molecule has 4 nitrogen and oxygen atoms in total. The van der Waals surface area contributed by atoms with E-state index in [9.17, 15) is 4.79 Å². The number of aliphatic hydroxyl groups is 1. The van der Waals surface area contributed by atoms with Crippen LogP contribution in [0.4, 0.5) is 4.79 Å². The fourth-order valence-corrected chi connectivity index (χ4v) is 1.84. The largest absolute Gasteiger partial charge is 0.444 e. The van der Waals surface area contributed by atoms with E-state index >= 15 is 0 Å². The van der Waals surface area contributed by atoms with Crippen molar-refractivity contribution in [1.82, 2.24) is 4.90 Å². The molecule has 0 aromatic carbocycles. The minimum atomic E-state index is -0.487. The molecule has 0 atom stereocenters. The molecule has 0 aliphatic carbocycles. The second kappa shape index (κ2) is 5.74. The summed E-state index contributed by atoms with van der Waals surface area (Å²) in [6.45, 7) is 6.48. The van der Waals surface area contributed by atoms with Crippen LogP contribution in [-0.2, 0) is 4.74 Å². The number of carbonyl (C=O) groups is 1. The molecule has 1 aliphatic rings. The van der Waals surface area contributed by atoms with Gasteiger partial charge in [0, 0.05) is 18.1 Å². The highest BCUT2D eigenvalue weighted by Crippen LogP contribution is 2.22. The summed E-state index contributed by atoms with van der Waals surface area (Å²) in [5, 5.41) is 9.42. The first kappa shape index (κ1) is 14.3. The highest BCUT2D eigenvalue weighted by Gasteiger charge is 2.25. The molecule has 1 rings (SSSR count). The molecule has 1 aliphatic heterocycles. The van der Waals surface area contributed by atoms with Crippen molar-refractivity contribution in [3.8, 4) is 0 Å². The van der Waals surface area contributed by atoms with Crippen LogP contribution in [0.5, 0.6) is 0 Å². The van der Waals surface area contributed by atoms with Crippen LogP contribution in [-0.4, -0.2) is 41.4 Å². The SMILES string of the molecule is CC(C)(C)OC(=O)N1CCCC(=C(Cl)CO)C1. The zero-order chi connectivity index (χ0) is 13.1. The van der Waals surface area contributed by atoms with Gasteiger partial charge in [0.2, 0.25) is 0 Å². The zero-order valence-electron chi connectivity index (χ0n) is 10.6. The van der Waals surface area contributed by atoms with Crippen molar-refractivity contribution >= 4 is 17.7 Å². The van der Waals surface area contributed by atoms with Crippen molar-refractivity contribution in [3.63, 3.8) is 0 Å². The molecule has 0 aromatic heterocycles. The fraction of sp³-hybridized carbons (Fsp3) is 0.750. The molecule has 98 valence electrons. The van der Waals surface area contributed by atoms with Gasteiger partial charge < -0.3 is 14.7 Å². The topological polar surface area (TPSA) is 49.8 Å². The van der Waals surface area contributed by atoms with Gasteiger partial charge >= 0.3 is 6.09 Å². The van der Waals surface area contributed by atoms with Crippen LogP contribution in [0.2, 0.25) is 0 Å². The van der Waals surface area contributed by atoms with Crippen molar-refractivity contribution in [2.24, 2.45) is 0 Å². The summed E-state index contributed by atoms with van der Waals surface area (Å²) in [7, 11) is 0. The Morgan fingerprint density at radius 3 is 2.71 bits per heavy atom. The molecule has 0 bridgehead atoms. The lowest BCUT2D eigenvalue weighted by atomic mass is 10.0. The lowest BCUT2D eigenvalue weighted by Crippen LogP contribution is -2.40. The van der Waals surface area contributed by atoms with Crippen molar-refractivity contribution in [2.45, 2.75) is 39.2 Å². The summed E-state index contributed by atoms with van der Waals surface area (Å²) in [4.78, 5) is 13.5. The number of carbonyl (C=O) groups excluding carboxylic acids is 1. The van der Waals surface area contributed by atoms with E-state index in [-0.39, 0.29) is 12.7 Å². The van der Waals surface area contributed by atoms with E-state index in [1.807, 2.05) is 20.8 Å². The maximum Gasteiger partial charge on any atom is 0.410 e. The van der Waals surface area contributed by atoms with Gasteiger partial charge in [0.05, 0.1) is 6.61 Å². The Morgan fingerprint density at radius 2 is 2.18 bits per heavy atom. The van der Waals surface area contributed by atoms with Crippen LogP contribution in [0.3, 0.4) is 0 Å². The number of piperidine rings is 1. The molecule has 1 amide bonds. The summed E-state index contributed by atoms with van der Waals surface area (Å²) < 4.78 is 5.30. The number of nitrogens with zero attached hydrogens (tertiary/aromatic N) is 1. The predicted molar refractivity (Wildman–Crippen MR) is 67.0 cm³/mol. The molecule has 0 saturated carbocycles. The van der Waals surface area contributed by atoms with E-state index in [1.165, 1.54) is 0 Å². The molecule has 1 fully saturated rings. The van der Waals surface area contributed by atoms with E-state index in [2.05, 4.69) is 0 Å². The minimum Gasteiger partial charge on any atom is -0.444 e. The number of likely N-dealkylation sites (tertiary alicyclic amines) is 1. The van der Waals surface area contributed by atoms with Gasteiger partial charge in [-0.05, 0) is 39.2 Å². The first-order valence-electron chi connectivity index (χ1n) is 5.78. The van der Waals surface area contributed by atoms with E-state index in [4.69, 9.17) is 21.4 Å². The van der Waals surface area contributed by atoms with Crippen molar-refractivity contribution in [3.05, 3.63) is 10.6 Å². The van der Waals surface area contributed by atoms with Gasteiger partial charge in [-0.2, -0.15) is 0 Å². The number of hydrogen-bond acceptors (Lipinski definition) is 3. The Balaban J connectivity index is 2.64. The van der Waals surface area contributed by atoms with Gasteiger partial charge in [0.15, 0.2) is 0 Å². The number of halogens is 1. The maximum absolute atomic E-state index is 11.8. The van der Waals surface area contributed by atoms with Crippen LogP contribution in [0.1, 0.15) is 33.6 Å². The van der Waals surface area contributed by atoms with Crippen molar-refractivity contribution < 1.29 is 14.6 Å².